The quantitative estimate of drug-likeness (QED) is 0.239. The summed E-state index contributed by atoms with van der Waals surface area (Å²) in [6.07, 6.45) is 3.21. The Morgan fingerprint density at radius 2 is 1.37 bits per heavy atom. The summed E-state index contributed by atoms with van der Waals surface area (Å²) in [6.45, 7) is 11.9. The van der Waals surface area contributed by atoms with Crippen molar-refractivity contribution in [1.29, 1.82) is 0 Å². The van der Waals surface area contributed by atoms with E-state index in [0.717, 1.165) is 47.4 Å². The number of rotatable bonds is 9. The topological polar surface area (TPSA) is 55.8 Å². The Morgan fingerprint density at radius 1 is 0.739 bits per heavy atom. The van der Waals surface area contributed by atoms with Crippen LogP contribution in [0.3, 0.4) is 0 Å². The number of Topliss-reactive ketones (excluding diaryl/α,β-unsaturated/α-hetero) is 2. The molecule has 0 aromatic heterocycles. The number of ketones is 2. The van der Waals surface area contributed by atoms with Crippen molar-refractivity contribution in [3.63, 3.8) is 0 Å². The van der Waals surface area contributed by atoms with Crippen molar-refractivity contribution in [3.8, 4) is 11.5 Å². The molecule has 0 saturated carbocycles. The third kappa shape index (κ3) is 6.53. The molecule has 0 saturated heterocycles. The number of allylic oxidation sites excluding steroid dienone is 4. The van der Waals surface area contributed by atoms with Gasteiger partial charge in [-0.05, 0) is 78.0 Å². The molecule has 1 aliphatic heterocycles. The predicted octanol–water partition coefficient (Wildman–Crippen LogP) is 8.73. The molecule has 3 aliphatic rings. The van der Waals surface area contributed by atoms with Gasteiger partial charge in [-0.3, -0.25) is 9.59 Å². The summed E-state index contributed by atoms with van der Waals surface area (Å²) >= 11 is 0. The lowest BCUT2D eigenvalue weighted by Gasteiger charge is -2.49. The molecular weight excluding hydrogens is 577 g/mol. The zero-order valence-corrected chi connectivity index (χ0v) is 27.6. The molecule has 46 heavy (non-hydrogen) atoms. The van der Waals surface area contributed by atoms with Gasteiger partial charge >= 0.3 is 0 Å². The van der Waals surface area contributed by atoms with Crippen molar-refractivity contribution in [1.82, 2.24) is 4.90 Å². The first-order valence-corrected chi connectivity index (χ1v) is 16.4. The fraction of sp³-hybridized carbons (Fsp3) is 0.400. The van der Waals surface area contributed by atoms with E-state index in [-0.39, 0.29) is 34.8 Å². The van der Waals surface area contributed by atoms with Crippen molar-refractivity contribution in [2.24, 2.45) is 10.8 Å². The fourth-order valence-electron chi connectivity index (χ4n) is 7.42. The van der Waals surface area contributed by atoms with Crippen LogP contribution in [0.15, 0.2) is 95.3 Å². The Kier molecular flexibility index (Phi) is 8.66. The van der Waals surface area contributed by atoms with Gasteiger partial charge in [-0.2, -0.15) is 0 Å². The summed E-state index contributed by atoms with van der Waals surface area (Å²) < 4.78 is 26.0. The Balaban J connectivity index is 1.46. The van der Waals surface area contributed by atoms with E-state index in [2.05, 4.69) is 56.9 Å². The molecule has 2 aliphatic carbocycles. The van der Waals surface area contributed by atoms with Gasteiger partial charge in [-0.15, -0.1) is 0 Å². The van der Waals surface area contributed by atoms with Crippen molar-refractivity contribution in [2.75, 3.05) is 13.2 Å². The maximum atomic E-state index is 14.2. The van der Waals surface area contributed by atoms with Crippen LogP contribution >= 0.6 is 0 Å². The molecule has 0 bridgehead atoms. The van der Waals surface area contributed by atoms with Gasteiger partial charge in [-0.25, -0.2) is 4.39 Å². The van der Waals surface area contributed by atoms with E-state index in [1.54, 1.807) is 6.07 Å². The first kappa shape index (κ1) is 31.8. The van der Waals surface area contributed by atoms with Gasteiger partial charge in [0.1, 0.15) is 12.4 Å². The minimum Gasteiger partial charge on any atom is -0.490 e. The number of hydrogen-bond donors (Lipinski definition) is 0. The van der Waals surface area contributed by atoms with E-state index >= 15 is 0 Å². The number of carbonyl (C=O) groups excluding carboxylic acids is 2. The second-order valence-corrected chi connectivity index (χ2v) is 14.5. The molecule has 0 unspecified atom stereocenters. The number of benzene rings is 3. The third-order valence-electron chi connectivity index (χ3n) is 9.37. The van der Waals surface area contributed by atoms with Crippen LogP contribution in [-0.4, -0.2) is 29.6 Å². The summed E-state index contributed by atoms with van der Waals surface area (Å²) in [5, 5.41) is 0. The van der Waals surface area contributed by atoms with E-state index in [1.807, 2.05) is 37.3 Å². The van der Waals surface area contributed by atoms with Crippen LogP contribution in [0.5, 0.6) is 11.5 Å². The standard InChI is InChI=1S/C40H44FNO4/c1-6-45-35-20-28(15-16-34(35)46-25-27-13-10-14-29(41)19-27)36-37-30(21-39(2,3)23-32(37)43)42(18-17-26-11-8-7-9-12-26)31-22-40(4,5)24-33(44)38(31)36/h7-16,19-20,36H,6,17-18,21-25H2,1-5H3. The number of hydrogen-bond acceptors (Lipinski definition) is 5. The van der Waals surface area contributed by atoms with Crippen molar-refractivity contribution in [3.05, 3.63) is 118 Å². The second-order valence-electron chi connectivity index (χ2n) is 14.5. The Morgan fingerprint density at radius 3 is 1.98 bits per heavy atom. The van der Waals surface area contributed by atoms with Crippen LogP contribution in [-0.2, 0) is 22.6 Å². The van der Waals surface area contributed by atoms with E-state index in [9.17, 15) is 14.0 Å². The van der Waals surface area contributed by atoms with Gasteiger partial charge in [0.05, 0.1) is 6.61 Å². The van der Waals surface area contributed by atoms with Crippen molar-refractivity contribution in [2.45, 2.75) is 79.2 Å². The lowest BCUT2D eigenvalue weighted by atomic mass is 9.63. The van der Waals surface area contributed by atoms with Crippen LogP contribution in [0.4, 0.5) is 4.39 Å². The van der Waals surface area contributed by atoms with E-state index < -0.39 is 5.92 Å². The maximum Gasteiger partial charge on any atom is 0.162 e. The van der Waals surface area contributed by atoms with E-state index in [1.165, 1.54) is 17.7 Å². The lowest BCUT2D eigenvalue weighted by molar-refractivity contribution is -0.119. The Labute approximate surface area is 272 Å². The number of carbonyl (C=O) groups is 2. The molecule has 6 heteroatoms. The first-order chi connectivity index (χ1) is 21.9. The highest BCUT2D eigenvalue weighted by Crippen LogP contribution is 2.55. The number of halogens is 1. The average molecular weight is 622 g/mol. The molecule has 0 fully saturated rings. The average Bonchev–Trinajstić information content (AvgIpc) is 2.98. The van der Waals surface area contributed by atoms with Crippen molar-refractivity contribution < 1.29 is 23.5 Å². The highest BCUT2D eigenvalue weighted by molar-refractivity contribution is 6.06. The van der Waals surface area contributed by atoms with E-state index in [0.29, 0.717) is 43.1 Å². The first-order valence-electron chi connectivity index (χ1n) is 16.4. The summed E-state index contributed by atoms with van der Waals surface area (Å²) in [7, 11) is 0. The third-order valence-corrected chi connectivity index (χ3v) is 9.37. The van der Waals surface area contributed by atoms with Gasteiger partial charge in [0, 0.05) is 47.8 Å². The summed E-state index contributed by atoms with van der Waals surface area (Å²) in [5.41, 5.74) is 6.00. The minimum atomic E-state index is -0.471. The zero-order chi connectivity index (χ0) is 32.6. The van der Waals surface area contributed by atoms with Crippen LogP contribution in [0.1, 0.15) is 82.9 Å². The van der Waals surface area contributed by atoms with E-state index in [4.69, 9.17) is 9.47 Å². The molecule has 0 atom stereocenters. The number of nitrogens with zero attached hydrogens (tertiary/aromatic N) is 1. The van der Waals surface area contributed by atoms with Gasteiger partial charge in [0.2, 0.25) is 0 Å². The molecule has 0 N–H and O–H groups in total. The summed E-state index contributed by atoms with van der Waals surface area (Å²) in [6, 6.07) is 22.5. The highest BCUT2D eigenvalue weighted by atomic mass is 19.1. The summed E-state index contributed by atoms with van der Waals surface area (Å²) in [5.74, 6) is 0.501. The van der Waals surface area contributed by atoms with Gasteiger partial charge < -0.3 is 14.4 Å². The molecule has 6 rings (SSSR count). The largest absolute Gasteiger partial charge is 0.490 e. The molecule has 240 valence electrons. The normalized spacial score (nSPS) is 19.2. The fourth-order valence-corrected chi connectivity index (χ4v) is 7.42. The molecule has 3 aromatic carbocycles. The highest BCUT2D eigenvalue weighted by Gasteiger charge is 2.49. The minimum absolute atomic E-state index is 0.106. The molecule has 0 radical (unpaired) electrons. The van der Waals surface area contributed by atoms with Gasteiger partial charge in [-0.1, -0.05) is 76.2 Å². The molecule has 5 nitrogen and oxygen atoms in total. The maximum absolute atomic E-state index is 14.2. The van der Waals surface area contributed by atoms with Crippen LogP contribution in [0.25, 0.3) is 0 Å². The van der Waals surface area contributed by atoms with Gasteiger partial charge in [0.15, 0.2) is 23.1 Å². The monoisotopic (exact) mass is 621 g/mol. The molecular formula is C40H44FNO4. The van der Waals surface area contributed by atoms with Crippen LogP contribution in [0.2, 0.25) is 0 Å². The lowest BCUT2D eigenvalue weighted by Crippen LogP contribution is -2.45. The molecule has 0 spiro atoms. The molecule has 3 aromatic rings. The second kappa shape index (κ2) is 12.5. The smallest absolute Gasteiger partial charge is 0.162 e. The summed E-state index contributed by atoms with van der Waals surface area (Å²) in [4.78, 5) is 30.8. The number of ether oxygens (including phenoxy) is 2. The Hall–Kier alpha value is -4.19. The zero-order valence-electron chi connectivity index (χ0n) is 27.6. The van der Waals surface area contributed by atoms with Crippen LogP contribution in [0, 0.1) is 16.6 Å². The molecule has 1 heterocycles. The van der Waals surface area contributed by atoms with Crippen LogP contribution < -0.4 is 9.47 Å². The van der Waals surface area contributed by atoms with Crippen molar-refractivity contribution >= 4 is 11.6 Å². The SMILES string of the molecule is CCOc1cc(C2C3=C(CC(C)(C)CC3=O)N(CCc3ccccc3)C3=C2C(=O)CC(C)(C)C3)ccc1OCc1cccc(F)c1. The molecule has 0 amide bonds. The predicted molar refractivity (Wildman–Crippen MR) is 178 cm³/mol. The van der Waals surface area contributed by atoms with Gasteiger partial charge in [0.25, 0.3) is 0 Å². The Bertz CT molecular complexity index is 1660.